The van der Waals surface area contributed by atoms with Gasteiger partial charge in [-0.15, -0.1) is 0 Å². The first kappa shape index (κ1) is 13.6. The van der Waals surface area contributed by atoms with Crippen LogP contribution >= 0.6 is 7.14 Å². The van der Waals surface area contributed by atoms with Gasteiger partial charge in [-0.05, 0) is 43.7 Å². The normalized spacial score (nSPS) is 25.4. The Morgan fingerprint density at radius 2 is 2.06 bits per heavy atom. The van der Waals surface area contributed by atoms with Crippen molar-refractivity contribution in [3.8, 4) is 0 Å². The molecule has 0 aromatic rings. The number of hydrogen-bond donors (Lipinski definition) is 1. The fraction of sp³-hybridized carbons (Fsp3) is 0.692. The van der Waals surface area contributed by atoms with Crippen LogP contribution in [0.1, 0.15) is 33.6 Å². The molecule has 0 unspecified atom stereocenters. The summed E-state index contributed by atoms with van der Waals surface area (Å²) in [5.41, 5.74) is 1.15. The van der Waals surface area contributed by atoms with Gasteiger partial charge >= 0.3 is 0 Å². The van der Waals surface area contributed by atoms with Crippen molar-refractivity contribution >= 4 is 7.14 Å². The predicted molar refractivity (Wildman–Crippen MR) is 72.0 cm³/mol. The van der Waals surface area contributed by atoms with Crippen LogP contribution in [-0.2, 0) is 4.57 Å². The van der Waals surface area contributed by atoms with Gasteiger partial charge < -0.3 is 9.88 Å². The minimum Gasteiger partial charge on any atom is -0.365 e. The van der Waals surface area contributed by atoms with Crippen LogP contribution in [0.25, 0.3) is 0 Å². The van der Waals surface area contributed by atoms with Gasteiger partial charge in [0.15, 0.2) is 0 Å². The summed E-state index contributed by atoms with van der Waals surface area (Å²) in [5.74, 6) is 0.575. The lowest BCUT2D eigenvalue weighted by molar-refractivity contribution is 0.259. The second-order valence-corrected chi connectivity index (χ2v) is 8.84. The molecule has 1 aliphatic rings. The van der Waals surface area contributed by atoms with Crippen LogP contribution in [0.2, 0.25) is 0 Å². The number of hydrogen-bond acceptors (Lipinski definition) is 2. The van der Waals surface area contributed by atoms with Gasteiger partial charge in [0.1, 0.15) is 7.14 Å². The van der Waals surface area contributed by atoms with Crippen LogP contribution < -0.4 is 5.32 Å². The van der Waals surface area contributed by atoms with E-state index in [1.54, 1.807) is 6.20 Å². The smallest absolute Gasteiger partial charge is 0.108 e. The maximum absolute atomic E-state index is 12.5. The van der Waals surface area contributed by atoms with Crippen molar-refractivity contribution in [3.05, 3.63) is 23.8 Å². The average Bonchev–Trinajstić information content (AvgIpc) is 2.09. The molecular formula is C13H24NOP. The highest BCUT2D eigenvalue weighted by Gasteiger charge is 2.40. The zero-order valence-corrected chi connectivity index (χ0v) is 12.0. The third-order valence-corrected chi connectivity index (χ3v) is 5.69. The molecule has 92 valence electrons. The van der Waals surface area contributed by atoms with Gasteiger partial charge in [0.2, 0.25) is 0 Å². The molecule has 1 N–H and O–H groups in total. The summed E-state index contributed by atoms with van der Waals surface area (Å²) in [6, 6.07) is 0. The molecule has 1 aliphatic carbocycles. The first-order valence-corrected chi connectivity index (χ1v) is 8.48. The molecular weight excluding hydrogens is 217 g/mol. The van der Waals surface area contributed by atoms with Crippen molar-refractivity contribution in [2.24, 2.45) is 11.3 Å². The Kier molecular flexibility index (Phi) is 3.74. The largest absolute Gasteiger partial charge is 0.365 e. The van der Waals surface area contributed by atoms with E-state index in [0.717, 1.165) is 23.9 Å². The van der Waals surface area contributed by atoms with Crippen LogP contribution in [-0.4, -0.2) is 13.3 Å². The standard InChI is InChI=1S/C13H24NOP/c1-7-14-11-9-8-10(2)13(3,4)12(11)16(5,6)15/h7,10,14H,1,8-9H2,2-6H3/t10-/m1/s1. The Hall–Kier alpha value is -0.490. The highest BCUT2D eigenvalue weighted by molar-refractivity contribution is 7.66. The molecule has 1 rings (SSSR count). The molecule has 0 aliphatic heterocycles. The molecule has 0 aromatic carbocycles. The molecule has 3 heteroatoms. The van der Waals surface area contributed by atoms with E-state index < -0.39 is 7.14 Å². The van der Waals surface area contributed by atoms with E-state index in [1.807, 2.05) is 13.3 Å². The van der Waals surface area contributed by atoms with E-state index in [9.17, 15) is 4.57 Å². The van der Waals surface area contributed by atoms with E-state index >= 15 is 0 Å². The molecule has 0 bridgehead atoms. The number of allylic oxidation sites excluding steroid dienone is 2. The molecule has 0 aromatic heterocycles. The van der Waals surface area contributed by atoms with Gasteiger partial charge in [-0.2, -0.15) is 0 Å². The lowest BCUT2D eigenvalue weighted by Crippen LogP contribution is -2.31. The molecule has 0 spiro atoms. The molecule has 0 saturated heterocycles. The topological polar surface area (TPSA) is 29.1 Å². The zero-order valence-electron chi connectivity index (χ0n) is 11.1. The molecule has 16 heavy (non-hydrogen) atoms. The minimum absolute atomic E-state index is 0.0165. The summed E-state index contributed by atoms with van der Waals surface area (Å²) in [6.45, 7) is 14.1. The van der Waals surface area contributed by atoms with Crippen molar-refractivity contribution in [1.82, 2.24) is 5.32 Å². The summed E-state index contributed by atoms with van der Waals surface area (Å²) in [7, 11) is -2.22. The Morgan fingerprint density at radius 1 is 1.50 bits per heavy atom. The molecule has 0 amide bonds. The minimum atomic E-state index is -2.22. The first-order chi connectivity index (χ1) is 7.21. The quantitative estimate of drug-likeness (QED) is 0.756. The maximum Gasteiger partial charge on any atom is 0.108 e. The summed E-state index contributed by atoms with van der Waals surface area (Å²) < 4.78 is 12.5. The zero-order chi connectivity index (χ0) is 12.6. The lowest BCUT2D eigenvalue weighted by Gasteiger charge is -2.42. The van der Waals surface area contributed by atoms with E-state index in [0.29, 0.717) is 5.92 Å². The Morgan fingerprint density at radius 3 is 2.50 bits per heavy atom. The van der Waals surface area contributed by atoms with Crippen LogP contribution in [0.5, 0.6) is 0 Å². The Balaban J connectivity index is 3.34. The van der Waals surface area contributed by atoms with E-state index in [1.165, 1.54) is 0 Å². The monoisotopic (exact) mass is 241 g/mol. The predicted octanol–water partition coefficient (Wildman–Crippen LogP) is 4.01. The second-order valence-electron chi connectivity index (χ2n) is 5.69. The average molecular weight is 241 g/mol. The van der Waals surface area contributed by atoms with Gasteiger partial charge in [-0.25, -0.2) is 0 Å². The van der Waals surface area contributed by atoms with Gasteiger partial charge in [-0.3, -0.25) is 0 Å². The Bertz CT molecular complexity index is 362. The number of rotatable bonds is 3. The van der Waals surface area contributed by atoms with Crippen LogP contribution in [0.4, 0.5) is 0 Å². The third kappa shape index (κ3) is 2.43. The lowest BCUT2D eigenvalue weighted by atomic mass is 9.73. The van der Waals surface area contributed by atoms with Gasteiger partial charge in [0.25, 0.3) is 0 Å². The van der Waals surface area contributed by atoms with Crippen molar-refractivity contribution in [3.63, 3.8) is 0 Å². The molecule has 2 nitrogen and oxygen atoms in total. The third-order valence-electron chi connectivity index (χ3n) is 3.77. The summed E-state index contributed by atoms with van der Waals surface area (Å²) in [6.07, 6.45) is 3.82. The summed E-state index contributed by atoms with van der Waals surface area (Å²) in [5, 5.41) is 4.31. The van der Waals surface area contributed by atoms with Gasteiger partial charge in [-0.1, -0.05) is 27.4 Å². The van der Waals surface area contributed by atoms with Crippen molar-refractivity contribution in [2.45, 2.75) is 33.6 Å². The van der Waals surface area contributed by atoms with Crippen molar-refractivity contribution < 1.29 is 4.57 Å². The van der Waals surface area contributed by atoms with Crippen molar-refractivity contribution in [2.75, 3.05) is 13.3 Å². The fourth-order valence-electron chi connectivity index (χ4n) is 2.75. The maximum atomic E-state index is 12.5. The second kappa shape index (κ2) is 4.41. The van der Waals surface area contributed by atoms with Crippen LogP contribution in [0.15, 0.2) is 23.8 Å². The molecule has 0 radical (unpaired) electrons. The summed E-state index contributed by atoms with van der Waals surface area (Å²) in [4.78, 5) is 0. The highest BCUT2D eigenvalue weighted by Crippen LogP contribution is 2.61. The van der Waals surface area contributed by atoms with Gasteiger partial charge in [0, 0.05) is 11.0 Å². The molecule has 0 saturated carbocycles. The summed E-state index contributed by atoms with van der Waals surface area (Å²) >= 11 is 0. The first-order valence-electron chi connectivity index (χ1n) is 5.88. The van der Waals surface area contributed by atoms with E-state index in [2.05, 4.69) is 32.7 Å². The molecule has 0 fully saturated rings. The molecule has 1 atom stereocenters. The number of nitrogens with one attached hydrogen (secondary N) is 1. The highest BCUT2D eigenvalue weighted by atomic mass is 31.2. The molecule has 0 heterocycles. The Labute approximate surface area is 99.6 Å². The van der Waals surface area contributed by atoms with Crippen LogP contribution in [0.3, 0.4) is 0 Å². The van der Waals surface area contributed by atoms with E-state index in [-0.39, 0.29) is 5.41 Å². The van der Waals surface area contributed by atoms with Gasteiger partial charge in [0.05, 0.1) is 0 Å². The van der Waals surface area contributed by atoms with Crippen molar-refractivity contribution in [1.29, 1.82) is 0 Å². The SMILES string of the molecule is C=CNC1=C(P(C)(C)=O)C(C)(C)[C@H](C)CC1. The van der Waals surface area contributed by atoms with Crippen LogP contribution in [0, 0.1) is 11.3 Å². The van der Waals surface area contributed by atoms with E-state index in [4.69, 9.17) is 0 Å². The fourth-order valence-corrected chi connectivity index (χ4v) is 5.18.